The summed E-state index contributed by atoms with van der Waals surface area (Å²) in [6.07, 6.45) is 0. The van der Waals surface area contributed by atoms with Crippen LogP contribution in [0, 0.1) is 0 Å². The van der Waals surface area contributed by atoms with Gasteiger partial charge in [0, 0.05) is 22.6 Å². The summed E-state index contributed by atoms with van der Waals surface area (Å²) in [6, 6.07) is 0. The molecular weight excluding hydrogens is 289 g/mol. The van der Waals surface area contributed by atoms with E-state index in [0.717, 1.165) is 0 Å². The fourth-order valence-electron chi connectivity index (χ4n) is 0.467. The second-order valence-corrected chi connectivity index (χ2v) is 4.12. The van der Waals surface area contributed by atoms with Crippen molar-refractivity contribution in [1.82, 2.24) is 16.0 Å². The minimum atomic E-state index is -0.309. The molecule has 0 aromatic rings. The molecule has 6 heteroatoms. The predicted molar refractivity (Wildman–Crippen MR) is 61.4 cm³/mol. The first-order chi connectivity index (χ1) is 5.37. The second-order valence-electron chi connectivity index (χ2n) is 2.73. The molecule has 4 nitrogen and oxygen atoms in total. The number of hydrogen-bond acceptors (Lipinski definition) is 3. The zero-order chi connectivity index (χ0) is 9.78. The molecule has 0 rings (SSSR count). The quantitative estimate of drug-likeness (QED) is 0.234. The van der Waals surface area contributed by atoms with Gasteiger partial charge in [-0.15, -0.1) is 0 Å². The van der Waals surface area contributed by atoms with Crippen molar-refractivity contribution in [1.29, 1.82) is 0 Å². The van der Waals surface area contributed by atoms with E-state index in [-0.39, 0.29) is 9.58 Å². The molecule has 70 valence electrons. The van der Waals surface area contributed by atoms with Crippen molar-refractivity contribution in [2.24, 2.45) is 0 Å². The summed E-state index contributed by atoms with van der Waals surface area (Å²) in [5.74, 6) is 0. The molecule has 0 radical (unpaired) electrons. The number of thiocarbonyl (C=S) groups is 1. The van der Waals surface area contributed by atoms with Crippen LogP contribution in [0.5, 0.6) is 0 Å². The SMILES string of the molecule is CNC(C)(C)NC(=S)NC(=O)I. The average Bonchev–Trinajstić information content (AvgIpc) is 1.84. The van der Waals surface area contributed by atoms with Gasteiger partial charge >= 0.3 is 0 Å². The summed E-state index contributed by atoms with van der Waals surface area (Å²) >= 11 is 6.48. The van der Waals surface area contributed by atoms with Crippen molar-refractivity contribution in [2.75, 3.05) is 7.05 Å². The predicted octanol–water partition coefficient (Wildman–Crippen LogP) is 0.961. The van der Waals surface area contributed by atoms with E-state index < -0.39 is 0 Å². The lowest BCUT2D eigenvalue weighted by Crippen LogP contribution is -2.55. The summed E-state index contributed by atoms with van der Waals surface area (Å²) in [5.41, 5.74) is -0.309. The highest BCUT2D eigenvalue weighted by Gasteiger charge is 2.15. The largest absolute Gasteiger partial charge is 0.345 e. The minimum Gasteiger partial charge on any atom is -0.345 e. The zero-order valence-corrected chi connectivity index (χ0v) is 10.2. The first-order valence-corrected chi connectivity index (χ1v) is 4.83. The molecule has 0 saturated carbocycles. The minimum absolute atomic E-state index is 0.197. The Morgan fingerprint density at radius 1 is 1.50 bits per heavy atom. The van der Waals surface area contributed by atoms with Crippen LogP contribution in [0.3, 0.4) is 0 Å². The van der Waals surface area contributed by atoms with E-state index in [0.29, 0.717) is 5.11 Å². The topological polar surface area (TPSA) is 53.2 Å². The number of rotatable bonds is 2. The van der Waals surface area contributed by atoms with Gasteiger partial charge < -0.3 is 5.32 Å². The van der Waals surface area contributed by atoms with Gasteiger partial charge in [0.1, 0.15) is 0 Å². The van der Waals surface area contributed by atoms with Crippen LogP contribution in [0.4, 0.5) is 4.79 Å². The third-order valence-electron chi connectivity index (χ3n) is 1.26. The first-order valence-electron chi connectivity index (χ1n) is 3.35. The van der Waals surface area contributed by atoms with Crippen LogP contribution in [0.1, 0.15) is 13.8 Å². The number of carbonyl (C=O) groups is 1. The molecule has 0 fully saturated rings. The number of carbonyl (C=O) groups excluding carboxylic acids is 1. The lowest BCUT2D eigenvalue weighted by atomic mass is 10.2. The van der Waals surface area contributed by atoms with E-state index in [1.165, 1.54) is 0 Å². The van der Waals surface area contributed by atoms with Crippen LogP contribution in [-0.2, 0) is 0 Å². The molecule has 12 heavy (non-hydrogen) atoms. The standard InChI is InChI=1S/C6H12IN3OS/c1-6(2,8-3)10-5(12)9-4(7)11/h8H,1-3H3,(H2,9,10,11,12). The lowest BCUT2D eigenvalue weighted by molar-refractivity contribution is 0.266. The van der Waals surface area contributed by atoms with Gasteiger partial charge in [-0.1, -0.05) is 0 Å². The van der Waals surface area contributed by atoms with Gasteiger partial charge in [-0.25, -0.2) is 0 Å². The van der Waals surface area contributed by atoms with E-state index in [2.05, 4.69) is 16.0 Å². The molecule has 0 saturated heterocycles. The van der Waals surface area contributed by atoms with Gasteiger partial charge in [0.15, 0.2) is 5.11 Å². The summed E-state index contributed by atoms with van der Waals surface area (Å²) in [6.45, 7) is 3.83. The molecule has 0 heterocycles. The normalized spacial score (nSPS) is 10.7. The van der Waals surface area contributed by atoms with Gasteiger partial charge in [0.2, 0.25) is 0 Å². The third kappa shape index (κ3) is 5.67. The maximum Gasteiger partial charge on any atom is 0.286 e. The zero-order valence-electron chi connectivity index (χ0n) is 7.19. The van der Waals surface area contributed by atoms with Gasteiger partial charge in [-0.2, -0.15) is 0 Å². The molecule has 0 aliphatic carbocycles. The Morgan fingerprint density at radius 3 is 2.33 bits per heavy atom. The first kappa shape index (κ1) is 12.0. The van der Waals surface area contributed by atoms with Crippen molar-refractivity contribution in [3.8, 4) is 0 Å². The highest BCUT2D eigenvalue weighted by molar-refractivity contribution is 14.1. The maximum atomic E-state index is 10.6. The summed E-state index contributed by atoms with van der Waals surface area (Å²) in [7, 11) is 1.81. The molecule has 1 amide bonds. The van der Waals surface area contributed by atoms with Crippen LogP contribution in [-0.4, -0.2) is 21.7 Å². The van der Waals surface area contributed by atoms with Crippen molar-refractivity contribution in [2.45, 2.75) is 19.5 Å². The smallest absolute Gasteiger partial charge is 0.286 e. The number of hydrogen-bond donors (Lipinski definition) is 3. The number of nitrogens with one attached hydrogen (secondary N) is 3. The third-order valence-corrected chi connectivity index (χ3v) is 1.74. The molecular formula is C6H12IN3OS. The molecule has 0 aromatic heterocycles. The van der Waals surface area contributed by atoms with Crippen molar-refractivity contribution in [3.63, 3.8) is 0 Å². The molecule has 0 atom stereocenters. The van der Waals surface area contributed by atoms with Crippen LogP contribution < -0.4 is 16.0 Å². The van der Waals surface area contributed by atoms with E-state index >= 15 is 0 Å². The summed E-state index contributed by atoms with van der Waals surface area (Å²) < 4.78 is -0.197. The van der Waals surface area contributed by atoms with Gasteiger partial charge in [-0.05, 0) is 33.1 Å². The van der Waals surface area contributed by atoms with E-state index in [9.17, 15) is 4.79 Å². The Labute approximate surface area is 91.0 Å². The second kappa shape index (κ2) is 4.93. The fourth-order valence-corrected chi connectivity index (χ4v) is 1.27. The Morgan fingerprint density at radius 2 is 2.00 bits per heavy atom. The Hall–Kier alpha value is 0.0500. The van der Waals surface area contributed by atoms with Gasteiger partial charge in [-0.3, -0.25) is 15.4 Å². The lowest BCUT2D eigenvalue weighted by Gasteiger charge is -2.26. The van der Waals surface area contributed by atoms with Crippen LogP contribution in [0.2, 0.25) is 0 Å². The van der Waals surface area contributed by atoms with Gasteiger partial charge in [0.25, 0.3) is 3.91 Å². The molecule has 0 aliphatic heterocycles. The Bertz CT molecular complexity index is 195. The van der Waals surface area contributed by atoms with Crippen LogP contribution in [0.25, 0.3) is 0 Å². The maximum absolute atomic E-state index is 10.6. The molecule has 0 bridgehead atoms. The van der Waals surface area contributed by atoms with Crippen molar-refractivity contribution in [3.05, 3.63) is 0 Å². The number of amides is 1. The van der Waals surface area contributed by atoms with Crippen LogP contribution in [0.15, 0.2) is 0 Å². The van der Waals surface area contributed by atoms with E-state index in [1.54, 1.807) is 22.6 Å². The van der Waals surface area contributed by atoms with E-state index in [4.69, 9.17) is 12.2 Å². The van der Waals surface area contributed by atoms with Crippen molar-refractivity contribution < 1.29 is 4.79 Å². The van der Waals surface area contributed by atoms with Crippen LogP contribution >= 0.6 is 34.8 Å². The highest BCUT2D eigenvalue weighted by Crippen LogP contribution is 1.94. The number of halogens is 1. The summed E-state index contributed by atoms with van der Waals surface area (Å²) in [5, 5.41) is 8.70. The molecule has 0 aliphatic rings. The fraction of sp³-hybridized carbons (Fsp3) is 0.667. The average molecular weight is 301 g/mol. The highest BCUT2D eigenvalue weighted by atomic mass is 127. The van der Waals surface area contributed by atoms with E-state index in [1.807, 2.05) is 20.9 Å². The monoisotopic (exact) mass is 301 g/mol. The summed E-state index contributed by atoms with van der Waals surface area (Å²) in [4.78, 5) is 10.6. The molecule has 0 aromatic carbocycles. The van der Waals surface area contributed by atoms with Gasteiger partial charge in [0.05, 0.1) is 5.66 Å². The molecule has 0 spiro atoms. The Kier molecular flexibility index (Phi) is 4.95. The Balaban J connectivity index is 3.92. The van der Waals surface area contributed by atoms with Crippen molar-refractivity contribution >= 4 is 43.8 Å². The molecule has 0 unspecified atom stereocenters. The molecule has 3 N–H and O–H groups in total.